The van der Waals surface area contributed by atoms with E-state index in [-0.39, 0.29) is 17.2 Å². The Bertz CT molecular complexity index is 813. The van der Waals surface area contributed by atoms with Crippen LogP contribution >= 0.6 is 0 Å². The van der Waals surface area contributed by atoms with Crippen LogP contribution in [-0.2, 0) is 11.2 Å². The number of carbonyl (C=O) groups is 2. The first-order valence-corrected chi connectivity index (χ1v) is 10.9. The zero-order valence-electron chi connectivity index (χ0n) is 18.0. The first-order chi connectivity index (χ1) is 14.4. The summed E-state index contributed by atoms with van der Waals surface area (Å²) >= 11 is 0. The average molecular weight is 413 g/mol. The lowest BCUT2D eigenvalue weighted by molar-refractivity contribution is -0.130. The Kier molecular flexibility index (Phi) is 5.76. The fourth-order valence-electron chi connectivity index (χ4n) is 6.57. The maximum atomic E-state index is 12.7. The van der Waals surface area contributed by atoms with E-state index in [0.717, 1.165) is 23.3 Å². The van der Waals surface area contributed by atoms with E-state index in [1.54, 1.807) is 25.3 Å². The van der Waals surface area contributed by atoms with Crippen LogP contribution in [0.5, 0.6) is 11.5 Å². The number of methoxy groups -OCH3 is 2. The van der Waals surface area contributed by atoms with E-state index >= 15 is 0 Å². The minimum Gasteiger partial charge on any atom is -0.493 e. The minimum absolute atomic E-state index is 0.0999. The van der Waals surface area contributed by atoms with E-state index in [9.17, 15) is 9.59 Å². The monoisotopic (exact) mass is 412 g/mol. The maximum absolute atomic E-state index is 12.7. The van der Waals surface area contributed by atoms with Gasteiger partial charge in [-0.05, 0) is 80.2 Å². The Hall–Kier alpha value is -2.50. The molecule has 6 heteroatoms. The largest absolute Gasteiger partial charge is 0.493 e. The van der Waals surface area contributed by atoms with Gasteiger partial charge in [0.05, 0.1) is 14.2 Å². The summed E-state index contributed by atoms with van der Waals surface area (Å²) in [5.74, 6) is 2.98. The summed E-state index contributed by atoms with van der Waals surface area (Å²) in [4.78, 5) is 25.4. The molecule has 0 unspecified atom stereocenters. The molecule has 4 aliphatic carbocycles. The Morgan fingerprint density at radius 3 is 2.23 bits per heavy atom. The van der Waals surface area contributed by atoms with Gasteiger partial charge >= 0.3 is 0 Å². The lowest BCUT2D eigenvalue weighted by atomic mass is 9.49. The molecule has 1 aromatic rings. The summed E-state index contributed by atoms with van der Waals surface area (Å²) in [6.45, 7) is 3.76. The quantitative estimate of drug-likeness (QED) is 0.528. The summed E-state index contributed by atoms with van der Waals surface area (Å²) in [6, 6.07) is 3.36. The van der Waals surface area contributed by atoms with E-state index in [1.807, 2.05) is 0 Å². The maximum Gasteiger partial charge on any atom is 0.269 e. The molecule has 30 heavy (non-hydrogen) atoms. The molecule has 1 aromatic carbocycles. The molecule has 4 saturated carbocycles. The Morgan fingerprint density at radius 2 is 1.70 bits per heavy atom. The number of hydrogen-bond donors (Lipinski definition) is 2. The SMILES string of the molecule is C=CCc1cc(C(=O)NNC(=O)CC23CC4CC(CC(C4)C2)C3)cc(OC)c1OC. The smallest absolute Gasteiger partial charge is 0.269 e. The molecule has 4 bridgehead atoms. The fourth-order valence-corrected chi connectivity index (χ4v) is 6.57. The van der Waals surface area contributed by atoms with E-state index in [2.05, 4.69) is 17.4 Å². The van der Waals surface area contributed by atoms with Crippen LogP contribution in [-0.4, -0.2) is 26.0 Å². The van der Waals surface area contributed by atoms with Gasteiger partial charge in [0.25, 0.3) is 5.91 Å². The van der Waals surface area contributed by atoms with Crippen molar-refractivity contribution in [2.24, 2.45) is 23.2 Å². The molecule has 0 heterocycles. The van der Waals surface area contributed by atoms with Crippen LogP contribution in [0, 0.1) is 23.2 Å². The van der Waals surface area contributed by atoms with Crippen molar-refractivity contribution in [1.82, 2.24) is 10.9 Å². The summed E-state index contributed by atoms with van der Waals surface area (Å²) in [6.07, 6.45) is 10.3. The van der Waals surface area contributed by atoms with E-state index in [0.29, 0.717) is 29.9 Å². The molecule has 2 N–H and O–H groups in total. The number of amides is 2. The van der Waals surface area contributed by atoms with Crippen molar-refractivity contribution in [3.63, 3.8) is 0 Å². The highest BCUT2D eigenvalue weighted by molar-refractivity contribution is 5.96. The molecule has 4 aliphatic rings. The van der Waals surface area contributed by atoms with Crippen LogP contribution in [0.15, 0.2) is 24.8 Å². The second kappa shape index (κ2) is 8.32. The summed E-state index contributed by atoms with van der Waals surface area (Å²) in [5.41, 5.74) is 6.57. The van der Waals surface area contributed by atoms with Crippen molar-refractivity contribution in [2.45, 2.75) is 51.4 Å². The van der Waals surface area contributed by atoms with Crippen molar-refractivity contribution in [1.29, 1.82) is 0 Å². The van der Waals surface area contributed by atoms with Crippen LogP contribution in [0.3, 0.4) is 0 Å². The van der Waals surface area contributed by atoms with Gasteiger partial charge in [0.15, 0.2) is 11.5 Å². The molecule has 0 radical (unpaired) electrons. The fraction of sp³-hybridized carbons (Fsp3) is 0.583. The number of ether oxygens (including phenoxy) is 2. The van der Waals surface area contributed by atoms with Gasteiger partial charge in [-0.2, -0.15) is 0 Å². The Balaban J connectivity index is 1.39. The number of carbonyl (C=O) groups excluding carboxylic acids is 2. The molecule has 5 rings (SSSR count). The topological polar surface area (TPSA) is 76.7 Å². The van der Waals surface area contributed by atoms with Crippen molar-refractivity contribution < 1.29 is 19.1 Å². The third kappa shape index (κ3) is 4.05. The average Bonchev–Trinajstić information content (AvgIpc) is 2.70. The summed E-state index contributed by atoms with van der Waals surface area (Å²) in [7, 11) is 3.10. The second-order valence-corrected chi connectivity index (χ2v) is 9.46. The van der Waals surface area contributed by atoms with Gasteiger partial charge in [0, 0.05) is 17.5 Å². The van der Waals surface area contributed by atoms with Crippen LogP contribution < -0.4 is 20.3 Å². The van der Waals surface area contributed by atoms with Crippen LogP contribution in [0.1, 0.15) is 60.9 Å². The van der Waals surface area contributed by atoms with Gasteiger partial charge in [-0.15, -0.1) is 6.58 Å². The molecule has 0 atom stereocenters. The number of rotatable bonds is 7. The predicted octanol–water partition coefficient (Wildman–Crippen LogP) is 3.80. The Labute approximate surface area is 178 Å². The van der Waals surface area contributed by atoms with E-state index in [1.165, 1.54) is 45.6 Å². The molecule has 2 amide bonds. The Morgan fingerprint density at radius 1 is 1.07 bits per heavy atom. The van der Waals surface area contributed by atoms with Crippen molar-refractivity contribution in [3.8, 4) is 11.5 Å². The molecular weight excluding hydrogens is 380 g/mol. The lowest BCUT2D eigenvalue weighted by Crippen LogP contribution is -2.50. The highest BCUT2D eigenvalue weighted by atomic mass is 16.5. The molecule has 4 fully saturated rings. The van der Waals surface area contributed by atoms with Crippen LogP contribution in [0.4, 0.5) is 0 Å². The number of hydrogen-bond acceptors (Lipinski definition) is 4. The van der Waals surface area contributed by atoms with Gasteiger partial charge in [-0.3, -0.25) is 20.4 Å². The van der Waals surface area contributed by atoms with Gasteiger partial charge in [0.1, 0.15) is 0 Å². The highest BCUT2D eigenvalue weighted by Crippen LogP contribution is 2.61. The zero-order chi connectivity index (χ0) is 21.3. The number of benzene rings is 1. The highest BCUT2D eigenvalue weighted by Gasteiger charge is 2.51. The zero-order valence-corrected chi connectivity index (χ0v) is 18.0. The normalized spacial score (nSPS) is 28.7. The van der Waals surface area contributed by atoms with E-state index < -0.39 is 0 Å². The molecule has 0 aliphatic heterocycles. The standard InChI is InChI=1S/C24H32N2O4/c1-4-5-18-9-19(10-20(29-2)22(18)30-3)23(28)26-25-21(27)14-24-11-15-6-16(12-24)8-17(7-15)13-24/h4,9-10,15-17H,1,5-8,11-14H2,2-3H3,(H,25,27)(H,26,28). The number of allylic oxidation sites excluding steroid dienone is 1. The molecule has 6 nitrogen and oxygen atoms in total. The van der Waals surface area contributed by atoms with Gasteiger partial charge in [0.2, 0.25) is 5.91 Å². The minimum atomic E-state index is -0.375. The van der Waals surface area contributed by atoms with Gasteiger partial charge in [-0.25, -0.2) is 0 Å². The second-order valence-electron chi connectivity index (χ2n) is 9.46. The van der Waals surface area contributed by atoms with E-state index in [4.69, 9.17) is 9.47 Å². The number of nitrogens with one attached hydrogen (secondary N) is 2. The molecule has 0 spiro atoms. The molecule has 162 valence electrons. The first kappa shape index (κ1) is 20.8. The lowest BCUT2D eigenvalue weighted by Gasteiger charge is -2.56. The van der Waals surface area contributed by atoms with Crippen molar-refractivity contribution in [2.75, 3.05) is 14.2 Å². The molecular formula is C24H32N2O4. The van der Waals surface area contributed by atoms with Crippen molar-refractivity contribution in [3.05, 3.63) is 35.9 Å². The predicted molar refractivity (Wildman–Crippen MR) is 114 cm³/mol. The summed E-state index contributed by atoms with van der Waals surface area (Å²) < 4.78 is 10.8. The molecule has 0 saturated heterocycles. The third-order valence-electron chi connectivity index (χ3n) is 7.20. The van der Waals surface area contributed by atoms with Gasteiger partial charge < -0.3 is 9.47 Å². The number of hydrazine groups is 1. The van der Waals surface area contributed by atoms with Crippen LogP contribution in [0.25, 0.3) is 0 Å². The molecule has 0 aromatic heterocycles. The third-order valence-corrected chi connectivity index (χ3v) is 7.20. The van der Waals surface area contributed by atoms with Crippen molar-refractivity contribution >= 4 is 11.8 Å². The van der Waals surface area contributed by atoms with Crippen LogP contribution in [0.2, 0.25) is 0 Å². The summed E-state index contributed by atoms with van der Waals surface area (Å²) in [5, 5.41) is 0. The van der Waals surface area contributed by atoms with Gasteiger partial charge in [-0.1, -0.05) is 6.08 Å². The first-order valence-electron chi connectivity index (χ1n) is 10.9.